The molecule has 1 aliphatic rings. The van der Waals surface area contributed by atoms with Gasteiger partial charge in [0.2, 0.25) is 0 Å². The van der Waals surface area contributed by atoms with Crippen LogP contribution < -0.4 is 5.32 Å². The van der Waals surface area contributed by atoms with Gasteiger partial charge in [0, 0.05) is 12.8 Å². The lowest BCUT2D eigenvalue weighted by molar-refractivity contribution is 0.121. The summed E-state index contributed by atoms with van der Waals surface area (Å²) in [5, 5.41) is 3.95. The minimum atomic E-state index is 0.230. The van der Waals surface area contributed by atoms with Crippen LogP contribution in [-0.4, -0.2) is 23.7 Å². The van der Waals surface area contributed by atoms with Crippen LogP contribution in [-0.2, 0) is 4.74 Å². The number of rotatable bonds is 2. The van der Waals surface area contributed by atoms with Crippen molar-refractivity contribution in [2.75, 3.05) is 11.9 Å². The van der Waals surface area contributed by atoms with Crippen LogP contribution >= 0.6 is 11.6 Å². The third-order valence-corrected chi connectivity index (χ3v) is 2.76. The van der Waals surface area contributed by atoms with Crippen LogP contribution in [0.2, 0.25) is 5.02 Å². The Kier molecular flexibility index (Phi) is 2.89. The third-order valence-electron chi connectivity index (χ3n) is 2.46. The van der Waals surface area contributed by atoms with Crippen LogP contribution in [0, 0.1) is 0 Å². The number of halogens is 1. The average molecular weight is 213 g/mol. The predicted octanol–water partition coefficient (Wildman–Crippen LogP) is 2.32. The van der Waals surface area contributed by atoms with Crippen LogP contribution in [0.4, 0.5) is 5.82 Å². The summed E-state index contributed by atoms with van der Waals surface area (Å²) >= 11 is 5.98. The number of hydrogen-bond donors (Lipinski definition) is 1. The molecule has 0 saturated carbocycles. The van der Waals surface area contributed by atoms with Crippen molar-refractivity contribution >= 4 is 17.4 Å². The number of nitrogens with zero attached hydrogens (tertiary/aromatic N) is 1. The summed E-state index contributed by atoms with van der Waals surface area (Å²) in [6.45, 7) is 2.87. The summed E-state index contributed by atoms with van der Waals surface area (Å²) in [4.78, 5) is 4.18. The first-order chi connectivity index (χ1) is 6.77. The van der Waals surface area contributed by atoms with E-state index >= 15 is 0 Å². The van der Waals surface area contributed by atoms with Gasteiger partial charge in [-0.3, -0.25) is 0 Å². The Morgan fingerprint density at radius 1 is 1.64 bits per heavy atom. The molecule has 0 bridgehead atoms. The van der Waals surface area contributed by atoms with E-state index in [-0.39, 0.29) is 6.10 Å². The first kappa shape index (κ1) is 9.74. The Labute approximate surface area is 88.4 Å². The molecule has 4 heteroatoms. The van der Waals surface area contributed by atoms with E-state index in [1.165, 1.54) is 0 Å². The van der Waals surface area contributed by atoms with Crippen molar-refractivity contribution in [3.63, 3.8) is 0 Å². The predicted molar refractivity (Wildman–Crippen MR) is 56.7 cm³/mol. The summed E-state index contributed by atoms with van der Waals surface area (Å²) in [5.41, 5.74) is 0. The minimum Gasteiger partial charge on any atom is -0.376 e. The van der Waals surface area contributed by atoms with Gasteiger partial charge >= 0.3 is 0 Å². The average Bonchev–Trinajstić information content (AvgIpc) is 2.56. The zero-order valence-electron chi connectivity index (χ0n) is 8.03. The molecule has 2 unspecified atom stereocenters. The van der Waals surface area contributed by atoms with Gasteiger partial charge < -0.3 is 10.1 Å². The smallest absolute Gasteiger partial charge is 0.145 e. The van der Waals surface area contributed by atoms with E-state index in [2.05, 4.69) is 17.2 Å². The SMILES string of the molecule is CC1OCCC1Nc1ncccc1Cl. The van der Waals surface area contributed by atoms with Crippen molar-refractivity contribution in [2.45, 2.75) is 25.5 Å². The molecule has 0 aromatic carbocycles. The van der Waals surface area contributed by atoms with Gasteiger partial charge in [0.25, 0.3) is 0 Å². The maximum absolute atomic E-state index is 5.98. The second-order valence-electron chi connectivity index (χ2n) is 3.45. The van der Waals surface area contributed by atoms with Gasteiger partial charge in [-0.1, -0.05) is 11.6 Å². The molecule has 3 nitrogen and oxygen atoms in total. The monoisotopic (exact) mass is 212 g/mol. The fourth-order valence-corrected chi connectivity index (χ4v) is 1.76. The number of ether oxygens (including phenoxy) is 1. The van der Waals surface area contributed by atoms with Crippen LogP contribution in [0.15, 0.2) is 18.3 Å². The molecule has 0 radical (unpaired) electrons. The van der Waals surface area contributed by atoms with Gasteiger partial charge in [-0.15, -0.1) is 0 Å². The number of hydrogen-bond acceptors (Lipinski definition) is 3. The number of anilines is 1. The number of aromatic nitrogens is 1. The highest BCUT2D eigenvalue weighted by Crippen LogP contribution is 2.22. The van der Waals surface area contributed by atoms with Crippen molar-refractivity contribution < 1.29 is 4.74 Å². The first-order valence-electron chi connectivity index (χ1n) is 4.76. The Balaban J connectivity index is 2.07. The molecule has 1 aromatic heterocycles. The molecule has 0 amide bonds. The maximum atomic E-state index is 5.98. The summed E-state index contributed by atoms with van der Waals surface area (Å²) in [7, 11) is 0. The molecule has 1 fully saturated rings. The Morgan fingerprint density at radius 3 is 3.14 bits per heavy atom. The summed E-state index contributed by atoms with van der Waals surface area (Å²) in [6, 6.07) is 3.97. The Hall–Kier alpha value is -0.800. The Bertz CT molecular complexity index is 319. The van der Waals surface area contributed by atoms with Crippen molar-refractivity contribution in [1.82, 2.24) is 4.98 Å². The van der Waals surface area contributed by atoms with Gasteiger partial charge in [-0.05, 0) is 25.5 Å². The first-order valence-corrected chi connectivity index (χ1v) is 5.14. The quantitative estimate of drug-likeness (QED) is 0.817. The van der Waals surface area contributed by atoms with Crippen molar-refractivity contribution in [1.29, 1.82) is 0 Å². The van der Waals surface area contributed by atoms with E-state index in [4.69, 9.17) is 16.3 Å². The standard InChI is InChI=1S/C10H13ClN2O/c1-7-9(4-6-14-7)13-10-8(11)3-2-5-12-10/h2-3,5,7,9H,4,6H2,1H3,(H,12,13). The zero-order chi connectivity index (χ0) is 9.97. The highest BCUT2D eigenvalue weighted by Gasteiger charge is 2.24. The molecule has 1 aliphatic heterocycles. The van der Waals surface area contributed by atoms with Gasteiger partial charge in [-0.2, -0.15) is 0 Å². The summed E-state index contributed by atoms with van der Waals surface area (Å²) in [5.74, 6) is 0.747. The topological polar surface area (TPSA) is 34.1 Å². The zero-order valence-corrected chi connectivity index (χ0v) is 8.79. The Morgan fingerprint density at radius 2 is 2.50 bits per heavy atom. The fourth-order valence-electron chi connectivity index (χ4n) is 1.59. The second kappa shape index (κ2) is 4.15. The lowest BCUT2D eigenvalue weighted by atomic mass is 10.1. The van der Waals surface area contributed by atoms with Gasteiger partial charge in [0.15, 0.2) is 0 Å². The van der Waals surface area contributed by atoms with Gasteiger partial charge in [0.05, 0.1) is 17.2 Å². The van der Waals surface area contributed by atoms with Crippen molar-refractivity contribution in [2.24, 2.45) is 0 Å². The molecule has 14 heavy (non-hydrogen) atoms. The van der Waals surface area contributed by atoms with Crippen LogP contribution in [0.25, 0.3) is 0 Å². The van der Waals surface area contributed by atoms with Crippen molar-refractivity contribution in [3.8, 4) is 0 Å². The summed E-state index contributed by atoms with van der Waals surface area (Å²) in [6.07, 6.45) is 2.97. The molecule has 0 spiro atoms. The lowest BCUT2D eigenvalue weighted by Crippen LogP contribution is -2.27. The van der Waals surface area contributed by atoms with E-state index in [0.717, 1.165) is 18.8 Å². The summed E-state index contributed by atoms with van der Waals surface area (Å²) < 4.78 is 5.44. The van der Waals surface area contributed by atoms with E-state index in [0.29, 0.717) is 11.1 Å². The normalized spacial score (nSPS) is 26.4. The van der Waals surface area contributed by atoms with Gasteiger partial charge in [-0.25, -0.2) is 4.98 Å². The lowest BCUT2D eigenvalue weighted by Gasteiger charge is -2.17. The number of pyridine rings is 1. The van der Waals surface area contributed by atoms with Crippen molar-refractivity contribution in [3.05, 3.63) is 23.4 Å². The molecule has 2 atom stereocenters. The van der Waals surface area contributed by atoms with Crippen LogP contribution in [0.1, 0.15) is 13.3 Å². The largest absolute Gasteiger partial charge is 0.376 e. The maximum Gasteiger partial charge on any atom is 0.145 e. The van der Waals surface area contributed by atoms with Gasteiger partial charge in [0.1, 0.15) is 5.82 Å². The van der Waals surface area contributed by atoms with E-state index < -0.39 is 0 Å². The number of nitrogens with one attached hydrogen (secondary N) is 1. The highest BCUT2D eigenvalue weighted by atomic mass is 35.5. The molecule has 1 aromatic rings. The molecule has 76 valence electrons. The van der Waals surface area contributed by atoms with Crippen LogP contribution in [0.3, 0.4) is 0 Å². The molecular weight excluding hydrogens is 200 g/mol. The molecule has 0 aliphatic carbocycles. The van der Waals surface area contributed by atoms with E-state index in [9.17, 15) is 0 Å². The molecule has 1 N–H and O–H groups in total. The molecule has 1 saturated heterocycles. The molecular formula is C10H13ClN2O. The van der Waals surface area contributed by atoms with E-state index in [1.54, 1.807) is 6.20 Å². The molecule has 2 rings (SSSR count). The third kappa shape index (κ3) is 1.99. The van der Waals surface area contributed by atoms with Crippen LogP contribution in [0.5, 0.6) is 0 Å². The second-order valence-corrected chi connectivity index (χ2v) is 3.86. The fraction of sp³-hybridized carbons (Fsp3) is 0.500. The minimum absolute atomic E-state index is 0.230. The van der Waals surface area contributed by atoms with E-state index in [1.807, 2.05) is 12.1 Å². The molecule has 2 heterocycles. The highest BCUT2D eigenvalue weighted by molar-refractivity contribution is 6.32.